The van der Waals surface area contributed by atoms with Gasteiger partial charge in [0.15, 0.2) is 12.2 Å². The number of rotatable bonds is 5. The summed E-state index contributed by atoms with van der Waals surface area (Å²) in [7, 11) is 1.44. The third-order valence-corrected chi connectivity index (χ3v) is 6.88. The van der Waals surface area contributed by atoms with Crippen LogP contribution in [-0.4, -0.2) is 30.8 Å². The van der Waals surface area contributed by atoms with Crippen LogP contribution in [0, 0.1) is 11.3 Å². The first kappa shape index (κ1) is 25.5. The minimum absolute atomic E-state index is 0.0574. The standard InChI is InChI=1S/C27H22ClF3N2O3/c1-16(21-8-6-19(13-22(21)28)18-5-3-4-17(12-18)10-11-32)26(35,27(29,30)31)20-7-9-24-23(14-20)33(2)25(34)15-36-24/h3-9,12-14,16,35H,10,15H2,1-2H3. The number of aliphatic hydroxyl groups is 1. The third-order valence-electron chi connectivity index (χ3n) is 6.55. The van der Waals surface area contributed by atoms with Gasteiger partial charge in [-0.05, 0) is 46.0 Å². The molecule has 1 N–H and O–H groups in total. The van der Waals surface area contributed by atoms with Gasteiger partial charge in [0.2, 0.25) is 0 Å². The molecule has 1 aliphatic heterocycles. The fraction of sp³-hybridized carbons (Fsp3) is 0.259. The van der Waals surface area contributed by atoms with Crippen LogP contribution >= 0.6 is 11.6 Å². The molecule has 4 rings (SSSR count). The minimum atomic E-state index is -5.06. The van der Waals surface area contributed by atoms with Gasteiger partial charge < -0.3 is 14.7 Å². The highest BCUT2D eigenvalue weighted by Crippen LogP contribution is 2.51. The number of hydrogen-bond donors (Lipinski definition) is 1. The second-order valence-corrected chi connectivity index (χ2v) is 9.09. The first-order valence-corrected chi connectivity index (χ1v) is 11.4. The third kappa shape index (κ3) is 4.41. The van der Waals surface area contributed by atoms with Crippen LogP contribution in [0.5, 0.6) is 5.75 Å². The van der Waals surface area contributed by atoms with Crippen LogP contribution in [0.1, 0.15) is 29.5 Å². The van der Waals surface area contributed by atoms with E-state index in [1.165, 1.54) is 31.0 Å². The molecule has 0 spiro atoms. The largest absolute Gasteiger partial charge is 0.482 e. The zero-order chi connectivity index (χ0) is 26.3. The number of fused-ring (bicyclic) bond motifs is 1. The van der Waals surface area contributed by atoms with Crippen molar-refractivity contribution in [3.63, 3.8) is 0 Å². The van der Waals surface area contributed by atoms with E-state index in [-0.39, 0.29) is 35.1 Å². The molecule has 36 heavy (non-hydrogen) atoms. The van der Waals surface area contributed by atoms with E-state index < -0.39 is 29.2 Å². The summed E-state index contributed by atoms with van der Waals surface area (Å²) >= 11 is 6.47. The molecule has 0 saturated heterocycles. The number of alkyl halides is 3. The van der Waals surface area contributed by atoms with Crippen LogP contribution in [-0.2, 0) is 16.8 Å². The summed E-state index contributed by atoms with van der Waals surface area (Å²) in [5, 5.41) is 20.2. The normalized spacial score (nSPS) is 15.9. The van der Waals surface area contributed by atoms with Crippen molar-refractivity contribution in [2.24, 2.45) is 0 Å². The molecule has 1 aliphatic rings. The van der Waals surface area contributed by atoms with Crippen LogP contribution in [0.4, 0.5) is 18.9 Å². The van der Waals surface area contributed by atoms with Gasteiger partial charge in [-0.3, -0.25) is 4.79 Å². The number of carbonyl (C=O) groups is 1. The van der Waals surface area contributed by atoms with Crippen LogP contribution in [0.2, 0.25) is 5.02 Å². The number of carbonyl (C=O) groups excluding carboxylic acids is 1. The van der Waals surface area contributed by atoms with E-state index >= 15 is 0 Å². The Morgan fingerprint density at radius 1 is 1.14 bits per heavy atom. The molecule has 5 nitrogen and oxygen atoms in total. The molecular weight excluding hydrogens is 493 g/mol. The Labute approximate surface area is 211 Å². The summed E-state index contributed by atoms with van der Waals surface area (Å²) < 4.78 is 48.8. The summed E-state index contributed by atoms with van der Waals surface area (Å²) in [6.07, 6.45) is -4.84. The van der Waals surface area contributed by atoms with Gasteiger partial charge in [-0.1, -0.05) is 61.0 Å². The number of anilines is 1. The van der Waals surface area contributed by atoms with E-state index in [1.807, 2.05) is 18.2 Å². The second kappa shape index (κ2) is 9.49. The fourth-order valence-corrected chi connectivity index (χ4v) is 4.75. The Kier molecular flexibility index (Phi) is 6.74. The molecule has 1 heterocycles. The molecule has 0 aromatic heterocycles. The Balaban J connectivity index is 1.76. The lowest BCUT2D eigenvalue weighted by Gasteiger charge is -2.38. The molecule has 3 aromatic carbocycles. The average Bonchev–Trinajstić information content (AvgIpc) is 2.85. The van der Waals surface area contributed by atoms with Gasteiger partial charge in [-0.2, -0.15) is 18.4 Å². The lowest BCUT2D eigenvalue weighted by Crippen LogP contribution is -2.47. The maximum Gasteiger partial charge on any atom is 0.422 e. The van der Waals surface area contributed by atoms with E-state index in [0.29, 0.717) is 5.56 Å². The maximum atomic E-state index is 14.5. The number of likely N-dealkylation sites (N-methyl/N-ethyl adjacent to an activating group) is 1. The monoisotopic (exact) mass is 514 g/mol. The SMILES string of the molecule is CC(c1ccc(-c2cccc(CC#N)c2)cc1Cl)C(O)(c1ccc2c(c1)N(C)C(=O)CO2)C(F)(F)F. The van der Waals surface area contributed by atoms with E-state index in [9.17, 15) is 23.1 Å². The van der Waals surface area contributed by atoms with E-state index in [1.54, 1.807) is 18.2 Å². The van der Waals surface area contributed by atoms with Crippen molar-refractivity contribution in [3.05, 3.63) is 82.4 Å². The quantitative estimate of drug-likeness (QED) is 0.454. The number of nitriles is 1. The van der Waals surface area contributed by atoms with Crippen LogP contribution in [0.3, 0.4) is 0 Å². The lowest BCUT2D eigenvalue weighted by atomic mass is 9.77. The van der Waals surface area contributed by atoms with E-state index in [0.717, 1.165) is 23.3 Å². The lowest BCUT2D eigenvalue weighted by molar-refractivity contribution is -0.274. The first-order valence-electron chi connectivity index (χ1n) is 11.1. The van der Waals surface area contributed by atoms with Crippen LogP contribution in [0.15, 0.2) is 60.7 Å². The van der Waals surface area contributed by atoms with Crippen LogP contribution < -0.4 is 9.64 Å². The van der Waals surface area contributed by atoms with E-state index in [2.05, 4.69) is 6.07 Å². The topological polar surface area (TPSA) is 73.6 Å². The molecule has 0 fully saturated rings. The first-order chi connectivity index (χ1) is 17.0. The van der Waals surface area contributed by atoms with Crippen molar-refractivity contribution in [1.82, 2.24) is 0 Å². The van der Waals surface area contributed by atoms with Crippen molar-refractivity contribution in [2.75, 3.05) is 18.6 Å². The van der Waals surface area contributed by atoms with Crippen molar-refractivity contribution in [2.45, 2.75) is 31.0 Å². The molecule has 0 saturated carbocycles. The number of benzene rings is 3. The van der Waals surface area contributed by atoms with E-state index in [4.69, 9.17) is 21.6 Å². The molecule has 9 heteroatoms. The highest BCUT2D eigenvalue weighted by molar-refractivity contribution is 6.31. The summed E-state index contributed by atoms with van der Waals surface area (Å²) in [5.74, 6) is -1.66. The van der Waals surface area contributed by atoms with Gasteiger partial charge in [0.1, 0.15) is 5.75 Å². The van der Waals surface area contributed by atoms with Gasteiger partial charge in [0, 0.05) is 18.0 Å². The van der Waals surface area contributed by atoms with Crippen LogP contribution in [0.25, 0.3) is 11.1 Å². The number of nitrogens with zero attached hydrogens (tertiary/aromatic N) is 2. The number of halogens is 4. The predicted octanol–water partition coefficient (Wildman–Crippen LogP) is 5.98. The summed E-state index contributed by atoms with van der Waals surface area (Å²) in [6, 6.07) is 17.5. The molecule has 2 unspecified atom stereocenters. The van der Waals surface area contributed by atoms with Gasteiger partial charge in [-0.15, -0.1) is 0 Å². The fourth-order valence-electron chi connectivity index (χ4n) is 4.40. The Morgan fingerprint density at radius 2 is 1.86 bits per heavy atom. The number of ether oxygens (including phenoxy) is 1. The highest BCUT2D eigenvalue weighted by atomic mass is 35.5. The molecule has 186 valence electrons. The zero-order valence-electron chi connectivity index (χ0n) is 19.4. The molecule has 2 atom stereocenters. The second-order valence-electron chi connectivity index (χ2n) is 8.68. The summed E-state index contributed by atoms with van der Waals surface area (Å²) in [4.78, 5) is 13.2. The molecule has 3 aromatic rings. The average molecular weight is 515 g/mol. The maximum absolute atomic E-state index is 14.5. The Bertz CT molecular complexity index is 1370. The summed E-state index contributed by atoms with van der Waals surface area (Å²) in [6.45, 7) is 1.04. The van der Waals surface area contributed by atoms with Gasteiger partial charge in [0.05, 0.1) is 18.2 Å². The molecule has 0 bridgehead atoms. The zero-order valence-corrected chi connectivity index (χ0v) is 20.2. The van der Waals surface area contributed by atoms with Gasteiger partial charge in [0.25, 0.3) is 5.91 Å². The molecule has 0 aliphatic carbocycles. The Morgan fingerprint density at radius 3 is 2.53 bits per heavy atom. The van der Waals surface area contributed by atoms with Gasteiger partial charge >= 0.3 is 6.18 Å². The van der Waals surface area contributed by atoms with Crippen molar-refractivity contribution in [1.29, 1.82) is 5.26 Å². The molecule has 0 radical (unpaired) electrons. The summed E-state index contributed by atoms with van der Waals surface area (Å²) in [5.41, 5.74) is -1.27. The Hall–Kier alpha value is -3.54. The van der Waals surface area contributed by atoms with Gasteiger partial charge in [-0.25, -0.2) is 0 Å². The number of hydrogen-bond acceptors (Lipinski definition) is 4. The van der Waals surface area contributed by atoms with Crippen molar-refractivity contribution >= 4 is 23.2 Å². The van der Waals surface area contributed by atoms with Crippen molar-refractivity contribution < 1.29 is 27.8 Å². The van der Waals surface area contributed by atoms with Crippen molar-refractivity contribution in [3.8, 4) is 22.9 Å². The highest BCUT2D eigenvalue weighted by Gasteiger charge is 2.59. The smallest absolute Gasteiger partial charge is 0.422 e. The number of amides is 1. The molecular formula is C27H22ClF3N2O3. The molecule has 1 amide bonds. The predicted molar refractivity (Wildman–Crippen MR) is 130 cm³/mol. The minimum Gasteiger partial charge on any atom is -0.482 e.